The molecule has 0 aromatic heterocycles. The Morgan fingerprint density at radius 3 is 2.42 bits per heavy atom. The van der Waals surface area contributed by atoms with Crippen molar-refractivity contribution in [3.63, 3.8) is 0 Å². The number of aliphatic hydroxyl groups is 1. The third kappa shape index (κ3) is 3.77. The average Bonchev–Trinajstić information content (AvgIpc) is 2.60. The van der Waals surface area contributed by atoms with Gasteiger partial charge < -0.3 is 25.0 Å². The topological polar surface area (TPSA) is 85.3 Å². The number of hydrogen-bond acceptors (Lipinski definition) is 8. The van der Waals surface area contributed by atoms with Crippen LogP contribution in [0.25, 0.3) is 0 Å². The minimum absolute atomic E-state index is 0.267. The summed E-state index contributed by atoms with van der Waals surface area (Å²) in [6.45, 7) is 7.03. The molecule has 2 aliphatic rings. The van der Waals surface area contributed by atoms with Gasteiger partial charge in [0.2, 0.25) is 0 Å². The van der Waals surface area contributed by atoms with E-state index in [4.69, 9.17) is 4.74 Å². The second-order valence-electron chi connectivity index (χ2n) is 6.62. The van der Waals surface area contributed by atoms with Crippen LogP contribution in [0.5, 0.6) is 0 Å². The lowest BCUT2D eigenvalue weighted by Crippen LogP contribution is -2.51. The molecule has 0 amide bonds. The second kappa shape index (κ2) is 7.60. The Balaban J connectivity index is 1.54. The summed E-state index contributed by atoms with van der Waals surface area (Å²) in [5.41, 5.74) is -0.0236. The molecule has 0 aliphatic carbocycles. The van der Waals surface area contributed by atoms with Gasteiger partial charge in [-0.1, -0.05) is 0 Å². The van der Waals surface area contributed by atoms with E-state index in [0.717, 1.165) is 39.3 Å². The number of morpholine rings is 1. The van der Waals surface area contributed by atoms with E-state index in [2.05, 4.69) is 15.1 Å². The Labute approximate surface area is 141 Å². The van der Waals surface area contributed by atoms with E-state index in [-0.39, 0.29) is 6.54 Å². The lowest BCUT2D eigenvalue weighted by atomic mass is 10.1. The summed E-state index contributed by atoms with van der Waals surface area (Å²) >= 11 is 0. The molecular weight excluding hydrogens is 312 g/mol. The monoisotopic (exact) mass is 338 g/mol. The molecule has 2 saturated heterocycles. The number of nitrogens with zero attached hydrogens (tertiary/aromatic N) is 3. The summed E-state index contributed by atoms with van der Waals surface area (Å²) in [5, 5.41) is 13.2. The third-order valence-electron chi connectivity index (χ3n) is 4.79. The Morgan fingerprint density at radius 2 is 1.75 bits per heavy atom. The van der Waals surface area contributed by atoms with Crippen LogP contribution in [0.4, 0.5) is 11.4 Å². The van der Waals surface area contributed by atoms with Gasteiger partial charge in [0.1, 0.15) is 11.4 Å². The van der Waals surface area contributed by atoms with E-state index < -0.39 is 17.0 Å². The number of β-amino-alcohol motifs (C(OH)–C–C–N with tert-alkyl or cyclic N) is 1. The first-order valence-corrected chi connectivity index (χ1v) is 8.55. The van der Waals surface area contributed by atoms with Crippen molar-refractivity contribution in [3.05, 3.63) is 20.4 Å². The van der Waals surface area contributed by atoms with Crippen molar-refractivity contribution < 1.29 is 9.84 Å². The summed E-state index contributed by atoms with van der Waals surface area (Å²) in [4.78, 5) is 30.1. The molecule has 1 unspecified atom stereocenters. The lowest BCUT2D eigenvalue weighted by Gasteiger charge is -2.35. The molecule has 3 rings (SSSR count). The molecule has 2 fully saturated rings. The number of anilines is 2. The number of aliphatic hydroxyl groups excluding tert-OH is 1. The second-order valence-corrected chi connectivity index (χ2v) is 6.62. The Hall–Kier alpha value is -1.48. The van der Waals surface area contributed by atoms with Gasteiger partial charge in [-0.3, -0.25) is 14.5 Å². The average molecular weight is 338 g/mol. The van der Waals surface area contributed by atoms with Crippen molar-refractivity contribution in [2.75, 3.05) is 82.8 Å². The number of likely N-dealkylation sites (N-methyl/N-ethyl adjacent to an activating group) is 1. The quantitative estimate of drug-likeness (QED) is 0.584. The standard InChI is InChI=1S/C16H26N4O4/c1-18-2-4-20(5-3-18)14-13(15(22)16(14)23)17-10-12(21)11-19-6-8-24-9-7-19/h12,17,21H,2-11H2,1H3. The van der Waals surface area contributed by atoms with E-state index in [1.807, 2.05) is 11.9 Å². The molecule has 2 heterocycles. The molecule has 0 radical (unpaired) electrons. The van der Waals surface area contributed by atoms with E-state index in [1.165, 1.54) is 0 Å². The van der Waals surface area contributed by atoms with Crippen LogP contribution < -0.4 is 21.1 Å². The van der Waals surface area contributed by atoms with Gasteiger partial charge in [-0.25, -0.2) is 0 Å². The number of rotatable bonds is 6. The van der Waals surface area contributed by atoms with Crippen molar-refractivity contribution in [1.82, 2.24) is 9.80 Å². The summed E-state index contributed by atoms with van der Waals surface area (Å²) in [6, 6.07) is 0. The van der Waals surface area contributed by atoms with Crippen molar-refractivity contribution in [2.24, 2.45) is 0 Å². The fourth-order valence-corrected chi connectivity index (χ4v) is 3.24. The number of piperazine rings is 1. The van der Waals surface area contributed by atoms with Gasteiger partial charge in [0.05, 0.1) is 19.3 Å². The molecule has 2 aliphatic heterocycles. The van der Waals surface area contributed by atoms with Crippen molar-refractivity contribution in [2.45, 2.75) is 6.10 Å². The largest absolute Gasteiger partial charge is 0.390 e. The molecule has 0 bridgehead atoms. The van der Waals surface area contributed by atoms with Crippen LogP contribution in [0.15, 0.2) is 9.59 Å². The Morgan fingerprint density at radius 1 is 1.08 bits per heavy atom. The highest BCUT2D eigenvalue weighted by Gasteiger charge is 2.28. The first-order valence-electron chi connectivity index (χ1n) is 8.55. The Kier molecular flexibility index (Phi) is 5.50. The fourth-order valence-electron chi connectivity index (χ4n) is 3.24. The molecule has 24 heavy (non-hydrogen) atoms. The van der Waals surface area contributed by atoms with Crippen LogP contribution in [0, 0.1) is 0 Å². The van der Waals surface area contributed by atoms with E-state index in [1.54, 1.807) is 0 Å². The van der Waals surface area contributed by atoms with Crippen LogP contribution in [-0.4, -0.2) is 93.6 Å². The van der Waals surface area contributed by atoms with Gasteiger partial charge in [0, 0.05) is 52.4 Å². The molecular formula is C16H26N4O4. The minimum atomic E-state index is -0.590. The highest BCUT2D eigenvalue weighted by atomic mass is 16.5. The van der Waals surface area contributed by atoms with Gasteiger partial charge in [-0.15, -0.1) is 0 Å². The third-order valence-corrected chi connectivity index (χ3v) is 4.79. The zero-order valence-corrected chi connectivity index (χ0v) is 14.2. The lowest BCUT2D eigenvalue weighted by molar-refractivity contribution is 0.0171. The number of nitrogens with one attached hydrogen (secondary N) is 1. The molecule has 2 N–H and O–H groups in total. The van der Waals surface area contributed by atoms with E-state index >= 15 is 0 Å². The summed E-state index contributed by atoms with van der Waals surface area (Å²) in [6.07, 6.45) is -0.590. The fraction of sp³-hybridized carbons (Fsp3) is 0.750. The minimum Gasteiger partial charge on any atom is -0.390 e. The van der Waals surface area contributed by atoms with Crippen LogP contribution in [0.1, 0.15) is 0 Å². The van der Waals surface area contributed by atoms with Crippen LogP contribution in [0.3, 0.4) is 0 Å². The molecule has 134 valence electrons. The summed E-state index contributed by atoms with van der Waals surface area (Å²) in [7, 11) is 2.04. The Bertz CT molecular complexity index is 614. The van der Waals surface area contributed by atoms with Gasteiger partial charge >= 0.3 is 0 Å². The molecule has 8 nitrogen and oxygen atoms in total. The van der Waals surface area contributed by atoms with Gasteiger partial charge in [-0.2, -0.15) is 0 Å². The highest BCUT2D eigenvalue weighted by Crippen LogP contribution is 2.21. The predicted molar refractivity (Wildman–Crippen MR) is 92.8 cm³/mol. The van der Waals surface area contributed by atoms with E-state index in [0.29, 0.717) is 31.1 Å². The number of hydrogen-bond donors (Lipinski definition) is 2. The molecule has 0 saturated carbocycles. The zero-order valence-electron chi connectivity index (χ0n) is 14.2. The number of ether oxygens (including phenoxy) is 1. The maximum atomic E-state index is 11.9. The van der Waals surface area contributed by atoms with Gasteiger partial charge in [0.15, 0.2) is 0 Å². The van der Waals surface area contributed by atoms with Crippen molar-refractivity contribution in [3.8, 4) is 0 Å². The van der Waals surface area contributed by atoms with E-state index in [9.17, 15) is 14.7 Å². The van der Waals surface area contributed by atoms with Gasteiger partial charge in [-0.05, 0) is 7.05 Å². The zero-order chi connectivity index (χ0) is 17.1. The van der Waals surface area contributed by atoms with Crippen LogP contribution in [0.2, 0.25) is 0 Å². The smallest absolute Gasteiger partial charge is 0.253 e. The maximum absolute atomic E-state index is 11.9. The summed E-state index contributed by atoms with van der Waals surface area (Å²) < 4.78 is 5.28. The normalized spacial score (nSPS) is 22.0. The van der Waals surface area contributed by atoms with Gasteiger partial charge in [0.25, 0.3) is 10.9 Å². The van der Waals surface area contributed by atoms with Crippen molar-refractivity contribution in [1.29, 1.82) is 0 Å². The SMILES string of the molecule is CN1CCN(c2c(NCC(O)CN3CCOCC3)c(=O)c2=O)CC1. The molecule has 0 spiro atoms. The van der Waals surface area contributed by atoms with Crippen molar-refractivity contribution >= 4 is 11.4 Å². The molecule has 8 heteroatoms. The highest BCUT2D eigenvalue weighted by molar-refractivity contribution is 5.75. The maximum Gasteiger partial charge on any atom is 0.253 e. The van der Waals surface area contributed by atoms with Crippen LogP contribution in [-0.2, 0) is 4.74 Å². The first-order chi connectivity index (χ1) is 11.6. The molecule has 1 atom stereocenters. The summed E-state index contributed by atoms with van der Waals surface area (Å²) in [5.74, 6) is 0. The van der Waals surface area contributed by atoms with Crippen LogP contribution >= 0.6 is 0 Å². The molecule has 1 aromatic carbocycles. The predicted octanol–water partition coefficient (Wildman–Crippen LogP) is -1.86. The molecule has 1 aromatic rings. The first kappa shape index (κ1) is 17.3.